The van der Waals surface area contributed by atoms with Crippen LogP contribution in [0.1, 0.15) is 27.7 Å². The van der Waals surface area contributed by atoms with E-state index in [1.54, 1.807) is 11.3 Å². The van der Waals surface area contributed by atoms with Gasteiger partial charge in [-0.25, -0.2) is 4.79 Å². The number of benzene rings is 1. The smallest absolute Gasteiger partial charge is 0.339 e. The van der Waals surface area contributed by atoms with Crippen molar-refractivity contribution in [1.82, 2.24) is 0 Å². The van der Waals surface area contributed by atoms with Crippen molar-refractivity contribution in [3.8, 4) is 11.1 Å². The first-order valence-corrected chi connectivity index (χ1v) is 7.05. The van der Waals surface area contributed by atoms with Crippen LogP contribution in [0, 0.1) is 0 Å². The van der Waals surface area contributed by atoms with Crippen LogP contribution in [0.4, 0.5) is 0 Å². The number of esters is 1. The molecule has 0 radical (unpaired) electrons. The van der Waals surface area contributed by atoms with Gasteiger partial charge in [0.2, 0.25) is 0 Å². The summed E-state index contributed by atoms with van der Waals surface area (Å²) in [6, 6.07) is 8.33. The lowest BCUT2D eigenvalue weighted by molar-refractivity contribution is 0.0528. The third-order valence-corrected chi connectivity index (χ3v) is 4.32. The van der Waals surface area contributed by atoms with Crippen LogP contribution in [0.15, 0.2) is 29.6 Å². The highest BCUT2D eigenvalue weighted by molar-refractivity contribution is 7.10. The summed E-state index contributed by atoms with van der Waals surface area (Å²) in [6.07, 6.45) is 2.09. The lowest BCUT2D eigenvalue weighted by Gasteiger charge is -2.17. The second-order valence-corrected chi connectivity index (χ2v) is 5.29. The second kappa shape index (κ2) is 4.58. The molecule has 0 bridgehead atoms. The van der Waals surface area contributed by atoms with Crippen molar-refractivity contribution >= 4 is 17.3 Å². The van der Waals surface area contributed by atoms with Crippen LogP contribution in [0.5, 0.6) is 0 Å². The summed E-state index contributed by atoms with van der Waals surface area (Å²) >= 11 is 1.67. The number of ether oxygens (including phenoxy) is 1. The first kappa shape index (κ1) is 11.5. The Morgan fingerprint density at radius 1 is 1.33 bits per heavy atom. The lowest BCUT2D eigenvalue weighted by Crippen LogP contribution is -2.08. The zero-order valence-electron chi connectivity index (χ0n) is 10.2. The maximum Gasteiger partial charge on any atom is 0.339 e. The Morgan fingerprint density at radius 3 is 3.00 bits per heavy atom. The van der Waals surface area contributed by atoms with Crippen LogP contribution in [-0.2, 0) is 17.6 Å². The van der Waals surface area contributed by atoms with E-state index in [2.05, 4.69) is 18.2 Å². The summed E-state index contributed by atoms with van der Waals surface area (Å²) in [5.74, 6) is -0.202. The van der Waals surface area contributed by atoms with Crippen molar-refractivity contribution in [2.24, 2.45) is 0 Å². The van der Waals surface area contributed by atoms with Crippen LogP contribution in [0.3, 0.4) is 0 Å². The minimum atomic E-state index is -0.202. The summed E-state index contributed by atoms with van der Waals surface area (Å²) in [4.78, 5) is 13.3. The van der Waals surface area contributed by atoms with Gasteiger partial charge in [0.05, 0.1) is 12.2 Å². The van der Waals surface area contributed by atoms with Gasteiger partial charge in [-0.3, -0.25) is 0 Å². The molecule has 3 heteroatoms. The van der Waals surface area contributed by atoms with Crippen molar-refractivity contribution < 1.29 is 9.53 Å². The molecule has 0 fully saturated rings. The van der Waals surface area contributed by atoms with Gasteiger partial charge in [-0.15, -0.1) is 11.3 Å². The molecule has 1 aromatic carbocycles. The summed E-state index contributed by atoms with van der Waals surface area (Å²) in [6.45, 7) is 2.26. The van der Waals surface area contributed by atoms with Gasteiger partial charge in [0.15, 0.2) is 0 Å². The molecule has 1 aliphatic carbocycles. The van der Waals surface area contributed by atoms with E-state index < -0.39 is 0 Å². The third-order valence-electron chi connectivity index (χ3n) is 3.27. The molecule has 18 heavy (non-hydrogen) atoms. The van der Waals surface area contributed by atoms with E-state index in [0.29, 0.717) is 6.61 Å². The molecule has 1 aromatic heterocycles. The van der Waals surface area contributed by atoms with E-state index >= 15 is 0 Å². The molecular formula is C15H14O2S. The largest absolute Gasteiger partial charge is 0.462 e. The molecule has 0 amide bonds. The average molecular weight is 258 g/mol. The van der Waals surface area contributed by atoms with Crippen LogP contribution in [0.25, 0.3) is 11.1 Å². The van der Waals surface area contributed by atoms with Gasteiger partial charge in [-0.05, 0) is 30.9 Å². The normalized spacial score (nSPS) is 12.7. The number of rotatable bonds is 2. The number of aryl methyl sites for hydroxylation is 2. The van der Waals surface area contributed by atoms with Gasteiger partial charge >= 0.3 is 5.97 Å². The Kier molecular flexibility index (Phi) is 2.92. The Balaban J connectivity index is 2.13. The van der Waals surface area contributed by atoms with Gasteiger partial charge < -0.3 is 4.74 Å². The number of fused-ring (bicyclic) bond motifs is 3. The summed E-state index contributed by atoms with van der Waals surface area (Å²) < 4.78 is 5.14. The number of carbonyl (C=O) groups excluding carboxylic acids is 1. The van der Waals surface area contributed by atoms with Crippen LogP contribution in [-0.4, -0.2) is 12.6 Å². The highest BCUT2D eigenvalue weighted by Crippen LogP contribution is 2.39. The molecule has 3 rings (SSSR count). The summed E-state index contributed by atoms with van der Waals surface area (Å²) in [5, 5.41) is 1.94. The van der Waals surface area contributed by atoms with Crippen molar-refractivity contribution in [2.75, 3.05) is 6.61 Å². The van der Waals surface area contributed by atoms with Gasteiger partial charge in [-0.2, -0.15) is 0 Å². The molecule has 2 nitrogen and oxygen atoms in total. The van der Waals surface area contributed by atoms with Crippen LogP contribution < -0.4 is 0 Å². The maximum absolute atomic E-state index is 12.0. The van der Waals surface area contributed by atoms with E-state index in [1.807, 2.05) is 18.4 Å². The molecule has 0 aliphatic heterocycles. The van der Waals surface area contributed by atoms with Crippen LogP contribution in [0.2, 0.25) is 0 Å². The fourth-order valence-corrected chi connectivity index (χ4v) is 3.50. The zero-order valence-corrected chi connectivity index (χ0v) is 11.0. The summed E-state index contributed by atoms with van der Waals surface area (Å²) in [7, 11) is 0. The second-order valence-electron chi connectivity index (χ2n) is 4.33. The van der Waals surface area contributed by atoms with Crippen molar-refractivity contribution in [3.63, 3.8) is 0 Å². The minimum Gasteiger partial charge on any atom is -0.462 e. The van der Waals surface area contributed by atoms with Crippen molar-refractivity contribution in [3.05, 3.63) is 45.6 Å². The standard InChI is InChI=1S/C15H14O2S/c1-2-17-15(16)12-9-18-13-8-7-10-5-3-4-6-11(10)14(12)13/h3-6,9H,2,7-8H2,1H3. The van der Waals surface area contributed by atoms with Gasteiger partial charge in [-0.1, -0.05) is 24.3 Å². The quantitative estimate of drug-likeness (QED) is 0.768. The Labute approximate surface area is 110 Å². The molecule has 2 aromatic rings. The monoisotopic (exact) mass is 258 g/mol. The fourth-order valence-electron chi connectivity index (χ4n) is 2.47. The van der Waals surface area contributed by atoms with E-state index in [-0.39, 0.29) is 5.97 Å². The maximum atomic E-state index is 12.0. The van der Waals surface area contributed by atoms with E-state index in [0.717, 1.165) is 24.0 Å². The van der Waals surface area contributed by atoms with E-state index in [1.165, 1.54) is 16.0 Å². The topological polar surface area (TPSA) is 26.3 Å². The molecule has 0 saturated carbocycles. The fraction of sp³-hybridized carbons (Fsp3) is 0.267. The Hall–Kier alpha value is -1.61. The highest BCUT2D eigenvalue weighted by Gasteiger charge is 2.24. The molecule has 0 unspecified atom stereocenters. The molecule has 1 heterocycles. The van der Waals surface area contributed by atoms with Crippen molar-refractivity contribution in [1.29, 1.82) is 0 Å². The van der Waals surface area contributed by atoms with E-state index in [4.69, 9.17) is 4.74 Å². The van der Waals surface area contributed by atoms with Gasteiger partial charge in [0, 0.05) is 15.8 Å². The molecule has 1 aliphatic rings. The highest BCUT2D eigenvalue weighted by atomic mass is 32.1. The third kappa shape index (κ3) is 1.75. The molecular weight excluding hydrogens is 244 g/mol. The molecule has 0 atom stereocenters. The molecule has 0 spiro atoms. The predicted molar refractivity (Wildman–Crippen MR) is 73.1 cm³/mol. The van der Waals surface area contributed by atoms with E-state index in [9.17, 15) is 4.79 Å². The average Bonchev–Trinajstić information content (AvgIpc) is 2.83. The number of thiophene rings is 1. The molecule has 0 N–H and O–H groups in total. The minimum absolute atomic E-state index is 0.202. The van der Waals surface area contributed by atoms with Gasteiger partial charge in [0.1, 0.15) is 0 Å². The number of hydrogen-bond acceptors (Lipinski definition) is 3. The lowest BCUT2D eigenvalue weighted by atomic mass is 9.88. The SMILES string of the molecule is CCOC(=O)c1csc2c1-c1ccccc1CC2. The predicted octanol–water partition coefficient (Wildman–Crippen LogP) is 3.69. The zero-order chi connectivity index (χ0) is 12.5. The Bertz CT molecular complexity index is 598. The Morgan fingerprint density at radius 2 is 2.17 bits per heavy atom. The van der Waals surface area contributed by atoms with Crippen molar-refractivity contribution in [2.45, 2.75) is 19.8 Å². The molecule has 92 valence electrons. The summed E-state index contributed by atoms with van der Waals surface area (Å²) in [5.41, 5.74) is 4.35. The first-order valence-electron chi connectivity index (χ1n) is 6.17. The number of carbonyl (C=O) groups is 1. The van der Waals surface area contributed by atoms with Gasteiger partial charge in [0.25, 0.3) is 0 Å². The number of hydrogen-bond donors (Lipinski definition) is 0. The molecule has 0 saturated heterocycles. The van der Waals surface area contributed by atoms with Crippen LogP contribution >= 0.6 is 11.3 Å². The first-order chi connectivity index (χ1) is 8.81.